The molecule has 0 atom stereocenters. The molecule has 1 heterocycles. The van der Waals surface area contributed by atoms with Gasteiger partial charge in [-0.25, -0.2) is 0 Å². The number of nitro groups is 1. The number of anilines is 1. The lowest BCUT2D eigenvalue weighted by Gasteiger charge is -2.17. The highest BCUT2D eigenvalue weighted by atomic mass is 16.6. The number of benzene rings is 1. The number of rotatable bonds is 3. The van der Waals surface area contributed by atoms with E-state index in [1.807, 2.05) is 4.90 Å². The van der Waals surface area contributed by atoms with Gasteiger partial charge in [-0.2, -0.15) is 0 Å². The summed E-state index contributed by atoms with van der Waals surface area (Å²) in [6.45, 7) is 1.77. The molecule has 0 spiro atoms. The Morgan fingerprint density at radius 3 is 2.62 bits per heavy atom. The van der Waals surface area contributed by atoms with Crippen LogP contribution < -0.4 is 9.64 Å². The fraction of sp³-hybridized carbons (Fsp3) is 0.455. The summed E-state index contributed by atoms with van der Waals surface area (Å²) in [6, 6.07) is 4.87. The molecule has 86 valence electrons. The van der Waals surface area contributed by atoms with E-state index >= 15 is 0 Å². The van der Waals surface area contributed by atoms with Crippen LogP contribution in [-0.4, -0.2) is 25.1 Å². The molecule has 0 aromatic heterocycles. The van der Waals surface area contributed by atoms with E-state index in [2.05, 4.69) is 0 Å². The van der Waals surface area contributed by atoms with Gasteiger partial charge < -0.3 is 9.64 Å². The summed E-state index contributed by atoms with van der Waals surface area (Å²) in [7, 11) is 1.56. The maximum Gasteiger partial charge on any atom is 0.292 e. The quantitative estimate of drug-likeness (QED) is 0.581. The van der Waals surface area contributed by atoms with Gasteiger partial charge in [-0.1, -0.05) is 0 Å². The normalized spacial score (nSPS) is 15.2. The van der Waals surface area contributed by atoms with Crippen LogP contribution >= 0.6 is 0 Å². The number of methoxy groups -OCH3 is 1. The van der Waals surface area contributed by atoms with Gasteiger partial charge in [0, 0.05) is 25.2 Å². The molecular weight excluding hydrogens is 208 g/mol. The Kier molecular flexibility index (Phi) is 2.94. The molecule has 1 aromatic carbocycles. The van der Waals surface area contributed by atoms with E-state index in [1.54, 1.807) is 19.2 Å². The van der Waals surface area contributed by atoms with Gasteiger partial charge in [0.1, 0.15) is 11.4 Å². The molecule has 5 nitrogen and oxygen atoms in total. The number of hydrogen-bond acceptors (Lipinski definition) is 4. The Morgan fingerprint density at radius 2 is 2.06 bits per heavy atom. The first-order valence-electron chi connectivity index (χ1n) is 5.30. The topological polar surface area (TPSA) is 55.6 Å². The maximum atomic E-state index is 10.9. The third-order valence-electron chi connectivity index (χ3n) is 2.83. The summed E-state index contributed by atoms with van der Waals surface area (Å²) in [5.74, 6) is 0.660. The van der Waals surface area contributed by atoms with E-state index in [0.717, 1.165) is 25.9 Å². The second-order valence-electron chi connectivity index (χ2n) is 3.81. The van der Waals surface area contributed by atoms with Crippen molar-refractivity contribution >= 4 is 11.4 Å². The van der Waals surface area contributed by atoms with E-state index < -0.39 is 0 Å². The number of nitrogens with zero attached hydrogens (tertiary/aromatic N) is 2. The van der Waals surface area contributed by atoms with Crippen LogP contribution in [0.5, 0.6) is 5.75 Å². The number of ether oxygens (including phenoxy) is 1. The first-order chi connectivity index (χ1) is 7.72. The molecule has 1 fully saturated rings. The fourth-order valence-corrected chi connectivity index (χ4v) is 2.00. The first kappa shape index (κ1) is 10.7. The van der Waals surface area contributed by atoms with Gasteiger partial charge in [-0.15, -0.1) is 0 Å². The van der Waals surface area contributed by atoms with Gasteiger partial charge >= 0.3 is 0 Å². The summed E-state index contributed by atoms with van der Waals surface area (Å²) in [4.78, 5) is 12.6. The average Bonchev–Trinajstić information content (AvgIpc) is 2.81. The zero-order valence-electron chi connectivity index (χ0n) is 9.18. The Morgan fingerprint density at radius 1 is 1.38 bits per heavy atom. The summed E-state index contributed by atoms with van der Waals surface area (Å²) in [5.41, 5.74) is 0.824. The summed E-state index contributed by atoms with van der Waals surface area (Å²) >= 11 is 0. The Bertz CT molecular complexity index is 400. The SMILES string of the molecule is COc1ccc([N+](=O)[O-])c(N2CCCC2)c1. The van der Waals surface area contributed by atoms with Crippen LogP contribution in [0.2, 0.25) is 0 Å². The van der Waals surface area contributed by atoms with Crippen LogP contribution in [0.15, 0.2) is 18.2 Å². The molecular formula is C11H14N2O3. The van der Waals surface area contributed by atoms with Crippen molar-refractivity contribution in [2.45, 2.75) is 12.8 Å². The van der Waals surface area contributed by atoms with E-state index in [0.29, 0.717) is 11.4 Å². The third kappa shape index (κ3) is 1.93. The Balaban J connectivity index is 2.40. The second kappa shape index (κ2) is 4.38. The van der Waals surface area contributed by atoms with Crippen LogP contribution in [0.4, 0.5) is 11.4 Å². The van der Waals surface area contributed by atoms with E-state index in [4.69, 9.17) is 4.74 Å². The van der Waals surface area contributed by atoms with Crippen molar-refractivity contribution in [3.8, 4) is 5.75 Å². The second-order valence-corrected chi connectivity index (χ2v) is 3.81. The van der Waals surface area contributed by atoms with Crippen molar-refractivity contribution in [1.29, 1.82) is 0 Å². The van der Waals surface area contributed by atoms with Crippen molar-refractivity contribution in [3.63, 3.8) is 0 Å². The van der Waals surface area contributed by atoms with Crippen molar-refractivity contribution in [1.82, 2.24) is 0 Å². The van der Waals surface area contributed by atoms with Crippen LogP contribution in [0.1, 0.15) is 12.8 Å². The molecule has 5 heteroatoms. The van der Waals surface area contributed by atoms with Gasteiger partial charge in [0.05, 0.1) is 12.0 Å². The van der Waals surface area contributed by atoms with Crippen LogP contribution in [0, 0.1) is 10.1 Å². The maximum absolute atomic E-state index is 10.9. The molecule has 0 saturated carbocycles. The van der Waals surface area contributed by atoms with Gasteiger partial charge in [0.15, 0.2) is 0 Å². The summed E-state index contributed by atoms with van der Waals surface area (Å²) < 4.78 is 5.10. The molecule has 1 aromatic rings. The summed E-state index contributed by atoms with van der Waals surface area (Å²) in [6.07, 6.45) is 2.18. The highest BCUT2D eigenvalue weighted by Gasteiger charge is 2.22. The molecule has 0 radical (unpaired) electrons. The van der Waals surface area contributed by atoms with Crippen LogP contribution in [0.25, 0.3) is 0 Å². The predicted molar refractivity (Wildman–Crippen MR) is 61.1 cm³/mol. The molecule has 0 aliphatic carbocycles. The van der Waals surface area contributed by atoms with Crippen LogP contribution in [0.3, 0.4) is 0 Å². The van der Waals surface area contributed by atoms with Crippen molar-refractivity contribution in [2.75, 3.05) is 25.1 Å². The molecule has 2 rings (SSSR count). The molecule has 1 saturated heterocycles. The largest absolute Gasteiger partial charge is 0.497 e. The van der Waals surface area contributed by atoms with Gasteiger partial charge in [0.25, 0.3) is 5.69 Å². The number of hydrogen-bond donors (Lipinski definition) is 0. The molecule has 16 heavy (non-hydrogen) atoms. The highest BCUT2D eigenvalue weighted by molar-refractivity contribution is 5.66. The molecule has 1 aliphatic heterocycles. The molecule has 0 bridgehead atoms. The van der Waals surface area contributed by atoms with Crippen molar-refractivity contribution in [2.24, 2.45) is 0 Å². The fourth-order valence-electron chi connectivity index (χ4n) is 2.00. The Labute approximate surface area is 93.8 Å². The average molecular weight is 222 g/mol. The first-order valence-corrected chi connectivity index (χ1v) is 5.30. The zero-order valence-corrected chi connectivity index (χ0v) is 9.18. The number of nitro benzene ring substituents is 1. The lowest BCUT2D eigenvalue weighted by Crippen LogP contribution is -2.18. The van der Waals surface area contributed by atoms with E-state index in [9.17, 15) is 10.1 Å². The monoisotopic (exact) mass is 222 g/mol. The zero-order chi connectivity index (χ0) is 11.5. The smallest absolute Gasteiger partial charge is 0.292 e. The highest BCUT2D eigenvalue weighted by Crippen LogP contribution is 2.33. The minimum Gasteiger partial charge on any atom is -0.497 e. The van der Waals surface area contributed by atoms with Crippen LogP contribution in [-0.2, 0) is 0 Å². The molecule has 0 amide bonds. The Hall–Kier alpha value is -1.78. The minimum atomic E-state index is -0.340. The predicted octanol–water partition coefficient (Wildman–Crippen LogP) is 2.20. The lowest BCUT2D eigenvalue weighted by molar-refractivity contribution is -0.384. The molecule has 0 unspecified atom stereocenters. The lowest BCUT2D eigenvalue weighted by atomic mass is 10.2. The molecule has 1 aliphatic rings. The van der Waals surface area contributed by atoms with Gasteiger partial charge in [-0.3, -0.25) is 10.1 Å². The van der Waals surface area contributed by atoms with Crippen molar-refractivity contribution in [3.05, 3.63) is 28.3 Å². The minimum absolute atomic E-state index is 0.155. The van der Waals surface area contributed by atoms with Gasteiger partial charge in [0.2, 0.25) is 0 Å². The van der Waals surface area contributed by atoms with E-state index in [1.165, 1.54) is 6.07 Å². The summed E-state index contributed by atoms with van der Waals surface area (Å²) in [5, 5.41) is 10.9. The third-order valence-corrected chi connectivity index (χ3v) is 2.83. The van der Waals surface area contributed by atoms with Crippen molar-refractivity contribution < 1.29 is 9.66 Å². The van der Waals surface area contributed by atoms with E-state index in [-0.39, 0.29) is 10.6 Å². The van der Waals surface area contributed by atoms with Gasteiger partial charge in [-0.05, 0) is 18.9 Å². The standard InChI is InChI=1S/C11H14N2O3/c1-16-9-4-5-10(13(14)15)11(8-9)12-6-2-3-7-12/h4-5,8H,2-3,6-7H2,1H3. The molecule has 0 N–H and O–H groups in total.